The van der Waals surface area contributed by atoms with E-state index < -0.39 is 0 Å². The lowest BCUT2D eigenvalue weighted by atomic mass is 9.78. The fourth-order valence-electron chi connectivity index (χ4n) is 8.67. The maximum absolute atomic E-state index is 6.40. The molecule has 1 aliphatic heterocycles. The molecule has 254 valence electrons. The molecule has 2 heteroatoms. The van der Waals surface area contributed by atoms with Gasteiger partial charge in [0.2, 0.25) is 0 Å². The molecule has 4 aliphatic rings. The third-order valence-corrected chi connectivity index (χ3v) is 11.3. The van der Waals surface area contributed by atoms with Crippen LogP contribution in [-0.4, -0.2) is 0 Å². The van der Waals surface area contributed by atoms with Crippen molar-refractivity contribution in [3.05, 3.63) is 221 Å². The van der Waals surface area contributed by atoms with E-state index in [1.165, 1.54) is 66.6 Å². The largest absolute Gasteiger partial charge is 0.461 e. The zero-order valence-corrected chi connectivity index (χ0v) is 29.5. The Morgan fingerprint density at radius 2 is 1.38 bits per heavy atom. The third kappa shape index (κ3) is 5.41. The quantitative estimate of drug-likeness (QED) is 0.174. The number of hydrogen-bond donors (Lipinski definition) is 0. The standard InChI is InChI=1S/C51H38O2/c1-33(34-26-28-35(29-27-34)40-22-13-23-45-41-18-9-12-25-48(41)53-51(40)45)38-16-5-7-20-43(38)50(36-14-3-2-4-15-36)44-21-8-6-17-39(44)37-30-31-49-46(32-37)42-19-10-11-24-47(42)52-49/h2-14,16-26,28,30-31,46H,1,15,27,29,32H2/b50-36+. The van der Waals surface area contributed by atoms with E-state index >= 15 is 0 Å². The van der Waals surface area contributed by atoms with Gasteiger partial charge in [0.1, 0.15) is 22.7 Å². The molecule has 0 radical (unpaired) electrons. The Morgan fingerprint density at radius 1 is 0.623 bits per heavy atom. The maximum atomic E-state index is 6.40. The van der Waals surface area contributed by atoms with Gasteiger partial charge in [-0.1, -0.05) is 152 Å². The second-order valence-electron chi connectivity index (χ2n) is 14.3. The fraction of sp³-hybridized carbons (Fsp3) is 0.0980. The minimum Gasteiger partial charge on any atom is -0.461 e. The molecule has 2 nitrogen and oxygen atoms in total. The summed E-state index contributed by atoms with van der Waals surface area (Å²) in [5, 5.41) is 2.33. The first-order valence-electron chi connectivity index (χ1n) is 18.6. The van der Waals surface area contributed by atoms with Crippen LogP contribution in [-0.2, 0) is 0 Å². The van der Waals surface area contributed by atoms with Crippen LogP contribution in [0.3, 0.4) is 0 Å². The van der Waals surface area contributed by atoms with Crippen molar-refractivity contribution >= 4 is 44.2 Å². The highest BCUT2D eigenvalue weighted by atomic mass is 16.5. The maximum Gasteiger partial charge on any atom is 0.142 e. The summed E-state index contributed by atoms with van der Waals surface area (Å²) in [5.41, 5.74) is 16.8. The summed E-state index contributed by atoms with van der Waals surface area (Å²) in [6.07, 6.45) is 21.5. The topological polar surface area (TPSA) is 22.4 Å². The Labute approximate surface area is 310 Å². The second-order valence-corrected chi connectivity index (χ2v) is 14.3. The average Bonchev–Trinajstić information content (AvgIpc) is 3.80. The van der Waals surface area contributed by atoms with Crippen molar-refractivity contribution < 1.29 is 9.15 Å². The van der Waals surface area contributed by atoms with E-state index in [0.717, 1.165) is 59.3 Å². The fourth-order valence-corrected chi connectivity index (χ4v) is 8.67. The van der Waals surface area contributed by atoms with Crippen LogP contribution in [0.1, 0.15) is 65.0 Å². The highest BCUT2D eigenvalue weighted by molar-refractivity contribution is 6.08. The Morgan fingerprint density at radius 3 is 2.25 bits per heavy atom. The number of para-hydroxylation sites is 3. The smallest absolute Gasteiger partial charge is 0.142 e. The van der Waals surface area contributed by atoms with Gasteiger partial charge in [-0.25, -0.2) is 0 Å². The summed E-state index contributed by atoms with van der Waals surface area (Å²) >= 11 is 0. The molecule has 10 rings (SSSR count). The van der Waals surface area contributed by atoms with Gasteiger partial charge in [0.25, 0.3) is 0 Å². The molecule has 0 amide bonds. The normalized spacial score (nSPS) is 18.5. The van der Waals surface area contributed by atoms with Gasteiger partial charge < -0.3 is 9.15 Å². The number of rotatable bonds is 6. The first-order chi connectivity index (χ1) is 26.2. The van der Waals surface area contributed by atoms with E-state index in [9.17, 15) is 0 Å². The molecule has 53 heavy (non-hydrogen) atoms. The molecule has 3 aliphatic carbocycles. The molecule has 0 spiro atoms. The monoisotopic (exact) mass is 682 g/mol. The van der Waals surface area contributed by atoms with Gasteiger partial charge in [0.05, 0.1) is 0 Å². The molecule has 1 aromatic heterocycles. The van der Waals surface area contributed by atoms with E-state index in [1.54, 1.807) is 0 Å². The van der Waals surface area contributed by atoms with Gasteiger partial charge >= 0.3 is 0 Å². The van der Waals surface area contributed by atoms with E-state index in [0.29, 0.717) is 0 Å². The Bertz CT molecular complexity index is 2710. The number of ether oxygens (including phenoxy) is 1. The number of hydrogen-bond acceptors (Lipinski definition) is 2. The van der Waals surface area contributed by atoms with Crippen molar-refractivity contribution in [3.8, 4) is 5.75 Å². The Hall–Kier alpha value is -6.38. The van der Waals surface area contributed by atoms with E-state index in [4.69, 9.17) is 15.7 Å². The second kappa shape index (κ2) is 13.0. The summed E-state index contributed by atoms with van der Waals surface area (Å²) in [7, 11) is 0. The molecule has 0 saturated carbocycles. The molecule has 0 bridgehead atoms. The SMILES string of the molecule is C=C(C1=CC=C(c2cccc3c2oc2ccccc23)CC1)c1ccccc1/C(=C1/C=CC=CC1)c1ccccc1C1=CC=C2Oc3ccccc3C2C1. The molecule has 6 aromatic rings. The van der Waals surface area contributed by atoms with E-state index in [1.807, 2.05) is 6.07 Å². The summed E-state index contributed by atoms with van der Waals surface area (Å²) < 4.78 is 12.7. The number of furan rings is 1. The van der Waals surface area contributed by atoms with E-state index in [2.05, 4.69) is 158 Å². The molecule has 1 unspecified atom stereocenters. The van der Waals surface area contributed by atoms with Crippen LogP contribution < -0.4 is 4.74 Å². The van der Waals surface area contributed by atoms with Crippen LogP contribution in [0.25, 0.3) is 44.2 Å². The Kier molecular flexibility index (Phi) is 7.69. The van der Waals surface area contributed by atoms with Gasteiger partial charge in [-0.3, -0.25) is 0 Å². The van der Waals surface area contributed by atoms with Crippen LogP contribution in [0.2, 0.25) is 0 Å². The van der Waals surface area contributed by atoms with Crippen molar-refractivity contribution in [1.82, 2.24) is 0 Å². The lowest BCUT2D eigenvalue weighted by molar-refractivity contribution is 0.426. The summed E-state index contributed by atoms with van der Waals surface area (Å²) in [6, 6.07) is 41.1. The van der Waals surface area contributed by atoms with Crippen LogP contribution >= 0.6 is 0 Å². The minimum absolute atomic E-state index is 0.231. The highest BCUT2D eigenvalue weighted by Crippen LogP contribution is 2.49. The van der Waals surface area contributed by atoms with Crippen molar-refractivity contribution in [3.63, 3.8) is 0 Å². The third-order valence-electron chi connectivity index (χ3n) is 11.3. The molecule has 5 aromatic carbocycles. The zero-order chi connectivity index (χ0) is 35.3. The molecule has 0 saturated heterocycles. The number of benzene rings is 5. The van der Waals surface area contributed by atoms with Gasteiger partial charge in [-0.2, -0.15) is 0 Å². The Balaban J connectivity index is 1.03. The molecular weight excluding hydrogens is 645 g/mol. The van der Waals surface area contributed by atoms with Gasteiger partial charge in [0, 0.05) is 27.8 Å². The van der Waals surface area contributed by atoms with Gasteiger partial charge in [0.15, 0.2) is 0 Å². The molecular formula is C51H38O2. The number of fused-ring (bicyclic) bond motifs is 6. The van der Waals surface area contributed by atoms with Gasteiger partial charge in [-0.05, 0) is 99.6 Å². The van der Waals surface area contributed by atoms with Crippen molar-refractivity contribution in [2.45, 2.75) is 31.6 Å². The lowest BCUT2D eigenvalue weighted by Crippen LogP contribution is -2.07. The summed E-state index contributed by atoms with van der Waals surface area (Å²) in [4.78, 5) is 0. The first kappa shape index (κ1) is 31.4. The van der Waals surface area contributed by atoms with Crippen LogP contribution in [0.4, 0.5) is 0 Å². The van der Waals surface area contributed by atoms with Crippen molar-refractivity contribution in [2.75, 3.05) is 0 Å². The van der Waals surface area contributed by atoms with Gasteiger partial charge in [-0.15, -0.1) is 0 Å². The molecule has 0 N–H and O–H groups in total. The molecule has 2 heterocycles. The minimum atomic E-state index is 0.231. The highest BCUT2D eigenvalue weighted by Gasteiger charge is 2.33. The van der Waals surface area contributed by atoms with Crippen LogP contribution in [0.5, 0.6) is 5.75 Å². The lowest BCUT2D eigenvalue weighted by Gasteiger charge is -2.25. The van der Waals surface area contributed by atoms with E-state index in [-0.39, 0.29) is 5.92 Å². The van der Waals surface area contributed by atoms with Crippen LogP contribution in [0, 0.1) is 0 Å². The van der Waals surface area contributed by atoms with Crippen LogP contribution in [0.15, 0.2) is 192 Å². The molecule has 1 atom stereocenters. The predicted octanol–water partition coefficient (Wildman–Crippen LogP) is 13.6. The van der Waals surface area contributed by atoms with Crippen molar-refractivity contribution in [2.24, 2.45) is 0 Å². The summed E-state index contributed by atoms with van der Waals surface area (Å²) in [5.74, 6) is 2.25. The summed E-state index contributed by atoms with van der Waals surface area (Å²) in [6.45, 7) is 4.77. The number of allylic oxidation sites excluding steroid dienone is 14. The zero-order valence-electron chi connectivity index (χ0n) is 29.5. The molecule has 0 fully saturated rings. The average molecular weight is 683 g/mol. The van der Waals surface area contributed by atoms with Crippen molar-refractivity contribution in [1.29, 1.82) is 0 Å². The predicted molar refractivity (Wildman–Crippen MR) is 220 cm³/mol. The first-order valence-corrected chi connectivity index (χ1v) is 18.6.